The van der Waals surface area contributed by atoms with Gasteiger partial charge in [0.05, 0.1) is 0 Å². The summed E-state index contributed by atoms with van der Waals surface area (Å²) in [4.78, 5) is 24.3. The largest absolute Gasteiger partial charge is 0.480 e. The Labute approximate surface area is 108 Å². The lowest BCUT2D eigenvalue weighted by atomic mass is 10.1. The molecule has 0 radical (unpaired) electrons. The summed E-state index contributed by atoms with van der Waals surface area (Å²) < 4.78 is 0. The zero-order valence-electron chi connectivity index (χ0n) is 9.73. The first-order valence-corrected chi connectivity index (χ1v) is 7.35. The molecule has 0 saturated heterocycles. The summed E-state index contributed by atoms with van der Waals surface area (Å²) >= 11 is 2.81. The summed E-state index contributed by atoms with van der Waals surface area (Å²) in [6.45, 7) is 1.89. The van der Waals surface area contributed by atoms with E-state index < -0.39 is 12.0 Å². The molecule has 1 aromatic rings. The SMILES string of the molecule is CCCC(NC(=O)c1sccc1SC)C(=O)O. The van der Waals surface area contributed by atoms with Crippen LogP contribution in [0.2, 0.25) is 0 Å². The van der Waals surface area contributed by atoms with Crippen LogP contribution in [-0.4, -0.2) is 29.3 Å². The summed E-state index contributed by atoms with van der Waals surface area (Å²) in [5.41, 5.74) is 0. The summed E-state index contributed by atoms with van der Waals surface area (Å²) in [5.74, 6) is -1.28. The second-order valence-electron chi connectivity index (χ2n) is 3.47. The standard InChI is InChI=1S/C11H15NO3S2/c1-3-4-7(11(14)15)12-10(13)9-8(16-2)5-6-17-9/h5-7H,3-4H2,1-2H3,(H,12,13)(H,14,15). The second kappa shape index (κ2) is 6.66. The fourth-order valence-electron chi connectivity index (χ4n) is 1.39. The first-order valence-electron chi connectivity index (χ1n) is 5.25. The van der Waals surface area contributed by atoms with Gasteiger partial charge in [0.1, 0.15) is 10.9 Å². The van der Waals surface area contributed by atoms with Crippen molar-refractivity contribution in [3.8, 4) is 0 Å². The highest BCUT2D eigenvalue weighted by atomic mass is 32.2. The van der Waals surface area contributed by atoms with Crippen molar-refractivity contribution in [2.75, 3.05) is 6.26 Å². The molecule has 0 aliphatic rings. The number of hydrogen-bond acceptors (Lipinski definition) is 4. The van der Waals surface area contributed by atoms with E-state index in [2.05, 4.69) is 5.32 Å². The normalized spacial score (nSPS) is 12.1. The molecular formula is C11H15NO3S2. The van der Waals surface area contributed by atoms with Crippen molar-refractivity contribution in [1.29, 1.82) is 0 Å². The molecule has 1 rings (SSSR count). The van der Waals surface area contributed by atoms with Crippen molar-refractivity contribution in [2.45, 2.75) is 30.7 Å². The Bertz CT molecular complexity index is 403. The third-order valence-corrected chi connectivity index (χ3v) is 4.06. The van der Waals surface area contributed by atoms with E-state index >= 15 is 0 Å². The lowest BCUT2D eigenvalue weighted by Gasteiger charge is -2.13. The Kier molecular flexibility index (Phi) is 5.50. The first-order chi connectivity index (χ1) is 8.10. The minimum atomic E-state index is -0.984. The quantitative estimate of drug-likeness (QED) is 0.781. The molecule has 1 heterocycles. The maximum Gasteiger partial charge on any atom is 0.326 e. The van der Waals surface area contributed by atoms with Crippen LogP contribution < -0.4 is 5.32 Å². The number of carbonyl (C=O) groups excluding carboxylic acids is 1. The molecule has 0 fully saturated rings. The summed E-state index contributed by atoms with van der Waals surface area (Å²) in [6, 6.07) is 1.06. The van der Waals surface area contributed by atoms with E-state index in [9.17, 15) is 9.59 Å². The van der Waals surface area contributed by atoms with E-state index in [0.717, 1.165) is 11.3 Å². The van der Waals surface area contributed by atoms with Crippen molar-refractivity contribution in [1.82, 2.24) is 5.32 Å². The molecule has 0 bridgehead atoms. The van der Waals surface area contributed by atoms with Crippen molar-refractivity contribution in [3.63, 3.8) is 0 Å². The Balaban J connectivity index is 2.73. The lowest BCUT2D eigenvalue weighted by Crippen LogP contribution is -2.40. The molecule has 94 valence electrons. The molecule has 0 spiro atoms. The third-order valence-electron chi connectivity index (χ3n) is 2.24. The van der Waals surface area contributed by atoms with Crippen LogP contribution >= 0.6 is 23.1 Å². The molecule has 0 saturated carbocycles. The number of thioether (sulfide) groups is 1. The topological polar surface area (TPSA) is 66.4 Å². The maximum absolute atomic E-state index is 11.9. The van der Waals surface area contributed by atoms with E-state index in [1.165, 1.54) is 23.1 Å². The van der Waals surface area contributed by atoms with Gasteiger partial charge in [-0.05, 0) is 24.1 Å². The van der Waals surface area contributed by atoms with E-state index in [0.29, 0.717) is 11.3 Å². The number of amides is 1. The van der Waals surface area contributed by atoms with Gasteiger partial charge in [0.25, 0.3) is 5.91 Å². The van der Waals surface area contributed by atoms with Crippen LogP contribution in [0.5, 0.6) is 0 Å². The van der Waals surface area contributed by atoms with Crippen LogP contribution in [0.3, 0.4) is 0 Å². The highest BCUT2D eigenvalue weighted by Gasteiger charge is 2.21. The Hall–Kier alpha value is -1.01. The molecule has 6 heteroatoms. The Morgan fingerprint density at radius 2 is 2.29 bits per heavy atom. The number of thiophene rings is 1. The number of carboxylic acids is 1. The predicted octanol–water partition coefficient (Wildman–Crippen LogP) is 2.45. The summed E-state index contributed by atoms with van der Waals surface area (Å²) in [6.07, 6.45) is 3.05. The van der Waals surface area contributed by atoms with Crippen LogP contribution in [0, 0.1) is 0 Å². The smallest absolute Gasteiger partial charge is 0.326 e. The molecule has 2 N–H and O–H groups in total. The van der Waals surface area contributed by atoms with Crippen molar-refractivity contribution in [3.05, 3.63) is 16.3 Å². The molecule has 1 unspecified atom stereocenters. The second-order valence-corrected chi connectivity index (χ2v) is 5.24. The zero-order valence-corrected chi connectivity index (χ0v) is 11.4. The number of hydrogen-bond donors (Lipinski definition) is 2. The molecule has 0 aliphatic heterocycles. The molecule has 0 aliphatic carbocycles. The predicted molar refractivity (Wildman–Crippen MR) is 69.9 cm³/mol. The van der Waals surface area contributed by atoms with Crippen molar-refractivity contribution >= 4 is 35.0 Å². The van der Waals surface area contributed by atoms with E-state index in [-0.39, 0.29) is 5.91 Å². The molecular weight excluding hydrogens is 258 g/mol. The van der Waals surface area contributed by atoms with Gasteiger partial charge in [-0.25, -0.2) is 4.79 Å². The van der Waals surface area contributed by atoms with Gasteiger partial charge >= 0.3 is 5.97 Å². The monoisotopic (exact) mass is 273 g/mol. The molecule has 1 aromatic heterocycles. The van der Waals surface area contributed by atoms with Gasteiger partial charge in [0.15, 0.2) is 0 Å². The van der Waals surface area contributed by atoms with E-state index in [1.54, 1.807) is 0 Å². The average Bonchev–Trinajstić information content (AvgIpc) is 2.76. The van der Waals surface area contributed by atoms with Gasteiger partial charge < -0.3 is 10.4 Å². The van der Waals surface area contributed by atoms with Crippen molar-refractivity contribution in [2.24, 2.45) is 0 Å². The Morgan fingerprint density at radius 1 is 1.59 bits per heavy atom. The van der Waals surface area contributed by atoms with Crippen LogP contribution in [0.1, 0.15) is 29.4 Å². The number of carbonyl (C=O) groups is 2. The molecule has 4 nitrogen and oxygen atoms in total. The third kappa shape index (κ3) is 3.74. The highest BCUT2D eigenvalue weighted by molar-refractivity contribution is 7.98. The zero-order chi connectivity index (χ0) is 12.8. The summed E-state index contributed by atoms with van der Waals surface area (Å²) in [5, 5.41) is 13.3. The van der Waals surface area contributed by atoms with Crippen molar-refractivity contribution < 1.29 is 14.7 Å². The first kappa shape index (κ1) is 14.1. The van der Waals surface area contributed by atoms with Crippen LogP contribution in [-0.2, 0) is 4.79 Å². The molecule has 17 heavy (non-hydrogen) atoms. The fourth-order valence-corrected chi connectivity index (χ4v) is 3.05. The van der Waals surface area contributed by atoms with Crippen LogP contribution in [0.25, 0.3) is 0 Å². The molecule has 0 aromatic carbocycles. The molecule has 1 atom stereocenters. The van der Waals surface area contributed by atoms with Gasteiger partial charge in [-0.2, -0.15) is 0 Å². The number of nitrogens with one attached hydrogen (secondary N) is 1. The molecule has 1 amide bonds. The number of carboxylic acid groups (broad SMARTS) is 1. The lowest BCUT2D eigenvalue weighted by molar-refractivity contribution is -0.139. The Morgan fingerprint density at radius 3 is 2.82 bits per heavy atom. The average molecular weight is 273 g/mol. The van der Waals surface area contributed by atoms with Gasteiger partial charge in [-0.15, -0.1) is 23.1 Å². The van der Waals surface area contributed by atoms with Crippen LogP contribution in [0.15, 0.2) is 16.3 Å². The highest BCUT2D eigenvalue weighted by Crippen LogP contribution is 2.25. The van der Waals surface area contributed by atoms with Gasteiger partial charge in [-0.3, -0.25) is 4.79 Å². The van der Waals surface area contributed by atoms with Crippen LogP contribution in [0.4, 0.5) is 0 Å². The van der Waals surface area contributed by atoms with Gasteiger partial charge in [0, 0.05) is 4.90 Å². The van der Waals surface area contributed by atoms with Gasteiger partial charge in [-0.1, -0.05) is 13.3 Å². The minimum Gasteiger partial charge on any atom is -0.480 e. The van der Waals surface area contributed by atoms with Gasteiger partial charge in [0.2, 0.25) is 0 Å². The maximum atomic E-state index is 11.9. The number of aliphatic carboxylic acids is 1. The summed E-state index contributed by atoms with van der Waals surface area (Å²) in [7, 11) is 0. The van der Waals surface area contributed by atoms with E-state index in [1.807, 2.05) is 24.6 Å². The number of rotatable bonds is 6. The minimum absolute atomic E-state index is 0.301. The fraction of sp³-hybridized carbons (Fsp3) is 0.455. The van der Waals surface area contributed by atoms with E-state index in [4.69, 9.17) is 5.11 Å².